The van der Waals surface area contributed by atoms with E-state index in [4.69, 9.17) is 9.47 Å². The summed E-state index contributed by atoms with van der Waals surface area (Å²) >= 11 is 0. The highest BCUT2D eigenvalue weighted by molar-refractivity contribution is 5.91. The highest BCUT2D eigenvalue weighted by Crippen LogP contribution is 2.35. The quantitative estimate of drug-likeness (QED) is 0.739. The molecule has 0 bridgehead atoms. The van der Waals surface area contributed by atoms with Crippen LogP contribution < -0.4 is 15.0 Å². The number of nitrogens with zero attached hydrogens (tertiary/aromatic N) is 1. The summed E-state index contributed by atoms with van der Waals surface area (Å²) < 4.78 is 10.5. The van der Waals surface area contributed by atoms with Gasteiger partial charge >= 0.3 is 5.97 Å². The Morgan fingerprint density at radius 3 is 3.28 bits per heavy atom. The Kier molecular flexibility index (Phi) is 2.83. The first-order valence-electron chi connectivity index (χ1n) is 6.12. The van der Waals surface area contributed by atoms with Crippen LogP contribution in [0, 0.1) is 0 Å². The molecule has 0 radical (unpaired) electrons. The van der Waals surface area contributed by atoms with Gasteiger partial charge in [-0.3, -0.25) is 0 Å². The SMILES string of the molecule is COC(=O)c1ccc2c(c1)N1CCNCC1CO2. The molecule has 1 aromatic rings. The van der Waals surface area contributed by atoms with Crippen LogP contribution in [0.15, 0.2) is 18.2 Å². The third-order valence-corrected chi connectivity index (χ3v) is 3.47. The smallest absolute Gasteiger partial charge is 0.337 e. The van der Waals surface area contributed by atoms with Gasteiger partial charge in [0.15, 0.2) is 0 Å². The van der Waals surface area contributed by atoms with Gasteiger partial charge in [-0.25, -0.2) is 4.79 Å². The predicted octanol–water partition coefficient (Wildman–Crippen LogP) is 0.644. The van der Waals surface area contributed by atoms with E-state index in [0.29, 0.717) is 18.2 Å². The number of fused-ring (bicyclic) bond motifs is 3. The van der Waals surface area contributed by atoms with Crippen molar-refractivity contribution in [2.24, 2.45) is 0 Å². The molecule has 1 atom stereocenters. The molecule has 1 fully saturated rings. The van der Waals surface area contributed by atoms with Gasteiger partial charge in [0.25, 0.3) is 0 Å². The average molecular weight is 248 g/mol. The molecule has 18 heavy (non-hydrogen) atoms. The van der Waals surface area contributed by atoms with Crippen LogP contribution in [0.3, 0.4) is 0 Å². The first-order valence-corrected chi connectivity index (χ1v) is 6.12. The van der Waals surface area contributed by atoms with Gasteiger partial charge in [-0.15, -0.1) is 0 Å². The normalized spacial score (nSPS) is 21.6. The van der Waals surface area contributed by atoms with Crippen LogP contribution in [-0.4, -0.2) is 45.4 Å². The van der Waals surface area contributed by atoms with Crippen molar-refractivity contribution in [2.75, 3.05) is 38.3 Å². The second kappa shape index (κ2) is 4.49. The molecule has 0 aliphatic carbocycles. The van der Waals surface area contributed by atoms with Crippen LogP contribution in [0.25, 0.3) is 0 Å². The minimum Gasteiger partial charge on any atom is -0.489 e. The number of ether oxygens (including phenoxy) is 2. The molecule has 0 aromatic heterocycles. The molecule has 1 N–H and O–H groups in total. The van der Waals surface area contributed by atoms with Crippen molar-refractivity contribution in [2.45, 2.75) is 6.04 Å². The Labute approximate surface area is 106 Å². The maximum absolute atomic E-state index is 11.6. The number of anilines is 1. The van der Waals surface area contributed by atoms with E-state index in [1.165, 1.54) is 7.11 Å². The number of carbonyl (C=O) groups excluding carboxylic acids is 1. The fourth-order valence-corrected chi connectivity index (χ4v) is 2.52. The Morgan fingerprint density at radius 2 is 2.44 bits per heavy atom. The standard InChI is InChI=1S/C13H16N2O3/c1-17-13(16)9-2-3-12-11(6-9)15-5-4-14-7-10(15)8-18-12/h2-3,6,10,14H,4-5,7-8H2,1H3. The molecule has 0 saturated carbocycles. The molecule has 1 aromatic carbocycles. The number of nitrogens with one attached hydrogen (secondary N) is 1. The van der Waals surface area contributed by atoms with Crippen molar-refractivity contribution in [1.29, 1.82) is 0 Å². The van der Waals surface area contributed by atoms with E-state index in [9.17, 15) is 4.79 Å². The van der Waals surface area contributed by atoms with Crippen LogP contribution in [-0.2, 0) is 4.74 Å². The van der Waals surface area contributed by atoms with Crippen molar-refractivity contribution in [1.82, 2.24) is 5.32 Å². The largest absolute Gasteiger partial charge is 0.489 e. The molecule has 2 heterocycles. The Morgan fingerprint density at radius 1 is 1.56 bits per heavy atom. The molecular formula is C13H16N2O3. The molecular weight excluding hydrogens is 232 g/mol. The summed E-state index contributed by atoms with van der Waals surface area (Å²) in [6.07, 6.45) is 0. The van der Waals surface area contributed by atoms with Gasteiger partial charge in [-0.2, -0.15) is 0 Å². The van der Waals surface area contributed by atoms with Gasteiger partial charge in [0.05, 0.1) is 24.4 Å². The van der Waals surface area contributed by atoms with Gasteiger partial charge in [0.1, 0.15) is 12.4 Å². The summed E-state index contributed by atoms with van der Waals surface area (Å²) in [6.45, 7) is 3.50. The van der Waals surface area contributed by atoms with Gasteiger partial charge < -0.3 is 19.7 Å². The average Bonchev–Trinajstić information content (AvgIpc) is 2.45. The lowest BCUT2D eigenvalue weighted by Gasteiger charge is -2.42. The van der Waals surface area contributed by atoms with Crippen LogP contribution in [0.2, 0.25) is 0 Å². The molecule has 96 valence electrons. The monoisotopic (exact) mass is 248 g/mol. The fraction of sp³-hybridized carbons (Fsp3) is 0.462. The molecule has 5 heteroatoms. The number of hydrogen-bond acceptors (Lipinski definition) is 5. The second-order valence-corrected chi connectivity index (χ2v) is 4.54. The topological polar surface area (TPSA) is 50.8 Å². The van der Waals surface area contributed by atoms with E-state index in [0.717, 1.165) is 31.1 Å². The van der Waals surface area contributed by atoms with Gasteiger partial charge in [0, 0.05) is 19.6 Å². The number of rotatable bonds is 1. The number of piperazine rings is 1. The van der Waals surface area contributed by atoms with Crippen molar-refractivity contribution < 1.29 is 14.3 Å². The van der Waals surface area contributed by atoms with E-state index in [2.05, 4.69) is 10.2 Å². The minimum atomic E-state index is -0.310. The zero-order valence-corrected chi connectivity index (χ0v) is 10.3. The third kappa shape index (κ3) is 1.80. The molecule has 0 spiro atoms. The number of esters is 1. The van der Waals surface area contributed by atoms with Crippen molar-refractivity contribution >= 4 is 11.7 Å². The summed E-state index contributed by atoms with van der Waals surface area (Å²) in [7, 11) is 1.39. The Hall–Kier alpha value is -1.75. The summed E-state index contributed by atoms with van der Waals surface area (Å²) in [5.74, 6) is 0.538. The van der Waals surface area contributed by atoms with Crippen molar-refractivity contribution in [3.63, 3.8) is 0 Å². The van der Waals surface area contributed by atoms with Gasteiger partial charge in [0.2, 0.25) is 0 Å². The summed E-state index contributed by atoms with van der Waals surface area (Å²) in [5, 5.41) is 3.35. The number of carbonyl (C=O) groups is 1. The summed E-state index contributed by atoms with van der Waals surface area (Å²) in [6, 6.07) is 5.80. The molecule has 2 aliphatic heterocycles. The first-order chi connectivity index (χ1) is 8.79. The zero-order chi connectivity index (χ0) is 12.5. The highest BCUT2D eigenvalue weighted by atomic mass is 16.5. The predicted molar refractivity (Wildman–Crippen MR) is 67.3 cm³/mol. The summed E-state index contributed by atoms with van der Waals surface area (Å²) in [5.41, 5.74) is 1.56. The maximum Gasteiger partial charge on any atom is 0.337 e. The molecule has 1 unspecified atom stereocenters. The van der Waals surface area contributed by atoms with Gasteiger partial charge in [-0.1, -0.05) is 0 Å². The zero-order valence-electron chi connectivity index (χ0n) is 10.3. The molecule has 0 amide bonds. The lowest BCUT2D eigenvalue weighted by molar-refractivity contribution is 0.0600. The molecule has 2 aliphatic rings. The van der Waals surface area contributed by atoms with Gasteiger partial charge in [-0.05, 0) is 18.2 Å². The first kappa shape index (κ1) is 11.3. The summed E-state index contributed by atoms with van der Waals surface area (Å²) in [4.78, 5) is 13.9. The van der Waals surface area contributed by atoms with Crippen molar-refractivity contribution in [3.8, 4) is 5.75 Å². The van der Waals surface area contributed by atoms with E-state index < -0.39 is 0 Å². The Bertz CT molecular complexity index is 475. The van der Waals surface area contributed by atoms with E-state index >= 15 is 0 Å². The molecule has 5 nitrogen and oxygen atoms in total. The van der Waals surface area contributed by atoms with E-state index in [-0.39, 0.29) is 5.97 Å². The lowest BCUT2D eigenvalue weighted by atomic mass is 10.1. The fourth-order valence-electron chi connectivity index (χ4n) is 2.52. The third-order valence-electron chi connectivity index (χ3n) is 3.47. The molecule has 1 saturated heterocycles. The van der Waals surface area contributed by atoms with E-state index in [1.807, 2.05) is 12.1 Å². The maximum atomic E-state index is 11.6. The van der Waals surface area contributed by atoms with Crippen LogP contribution in [0.4, 0.5) is 5.69 Å². The molecule has 3 rings (SSSR count). The lowest BCUT2D eigenvalue weighted by Crippen LogP contribution is -2.55. The van der Waals surface area contributed by atoms with Crippen LogP contribution >= 0.6 is 0 Å². The Balaban J connectivity index is 1.97. The number of methoxy groups -OCH3 is 1. The van der Waals surface area contributed by atoms with Crippen LogP contribution in [0.1, 0.15) is 10.4 Å². The highest BCUT2D eigenvalue weighted by Gasteiger charge is 2.30. The van der Waals surface area contributed by atoms with Crippen LogP contribution in [0.5, 0.6) is 5.75 Å². The number of hydrogen-bond donors (Lipinski definition) is 1. The van der Waals surface area contributed by atoms with E-state index in [1.54, 1.807) is 6.07 Å². The number of benzene rings is 1. The second-order valence-electron chi connectivity index (χ2n) is 4.54. The van der Waals surface area contributed by atoms with Crippen molar-refractivity contribution in [3.05, 3.63) is 23.8 Å². The minimum absolute atomic E-state index is 0.310.